The SMILES string of the molecule is COc1ccc(-c2c(C)nn3c2ncc2c(=O)n(-c4cc(OC)c(OC)c(OC)c4)ccc23)cc1. The highest BCUT2D eigenvalue weighted by Crippen LogP contribution is 2.39. The Kier molecular flexibility index (Phi) is 5.52. The van der Waals surface area contributed by atoms with Gasteiger partial charge in [0.15, 0.2) is 17.1 Å². The van der Waals surface area contributed by atoms with E-state index < -0.39 is 0 Å². The number of nitrogens with zero attached hydrogens (tertiary/aromatic N) is 4. The summed E-state index contributed by atoms with van der Waals surface area (Å²) in [5, 5.41) is 5.13. The molecule has 0 aliphatic heterocycles. The van der Waals surface area contributed by atoms with E-state index in [2.05, 4.69) is 4.98 Å². The molecule has 0 saturated carbocycles. The van der Waals surface area contributed by atoms with Crippen molar-refractivity contribution in [1.29, 1.82) is 0 Å². The summed E-state index contributed by atoms with van der Waals surface area (Å²) in [7, 11) is 6.23. The summed E-state index contributed by atoms with van der Waals surface area (Å²) in [4.78, 5) is 18.1. The van der Waals surface area contributed by atoms with Gasteiger partial charge < -0.3 is 18.9 Å². The van der Waals surface area contributed by atoms with Crippen LogP contribution in [0.5, 0.6) is 23.0 Å². The minimum atomic E-state index is -0.245. The van der Waals surface area contributed by atoms with Gasteiger partial charge >= 0.3 is 0 Å². The van der Waals surface area contributed by atoms with Gasteiger partial charge in [0.1, 0.15) is 5.75 Å². The smallest absolute Gasteiger partial charge is 0.266 e. The average molecular weight is 473 g/mol. The first-order valence-electron chi connectivity index (χ1n) is 10.8. The highest BCUT2D eigenvalue weighted by molar-refractivity contribution is 5.86. The van der Waals surface area contributed by atoms with Crippen LogP contribution >= 0.6 is 0 Å². The molecule has 0 amide bonds. The van der Waals surface area contributed by atoms with Gasteiger partial charge in [-0.25, -0.2) is 9.50 Å². The van der Waals surface area contributed by atoms with Gasteiger partial charge in [0.25, 0.3) is 5.56 Å². The van der Waals surface area contributed by atoms with Gasteiger partial charge in [-0.3, -0.25) is 9.36 Å². The molecule has 3 heterocycles. The van der Waals surface area contributed by atoms with Crippen LogP contribution in [-0.2, 0) is 0 Å². The molecule has 0 fully saturated rings. The van der Waals surface area contributed by atoms with Crippen LogP contribution in [0.3, 0.4) is 0 Å². The summed E-state index contributed by atoms with van der Waals surface area (Å²) in [5.74, 6) is 2.13. The molecule has 9 heteroatoms. The van der Waals surface area contributed by atoms with Crippen molar-refractivity contribution in [3.05, 3.63) is 70.9 Å². The predicted molar refractivity (Wildman–Crippen MR) is 132 cm³/mol. The Morgan fingerprint density at radius 3 is 2.14 bits per heavy atom. The van der Waals surface area contributed by atoms with Crippen molar-refractivity contribution in [3.63, 3.8) is 0 Å². The van der Waals surface area contributed by atoms with Crippen LogP contribution < -0.4 is 24.5 Å². The number of fused-ring (bicyclic) bond motifs is 3. The molecule has 0 aliphatic carbocycles. The van der Waals surface area contributed by atoms with Crippen molar-refractivity contribution in [3.8, 4) is 39.8 Å². The second kappa shape index (κ2) is 8.68. The van der Waals surface area contributed by atoms with Crippen molar-refractivity contribution >= 4 is 16.6 Å². The number of methoxy groups -OCH3 is 4. The Balaban J connectivity index is 1.69. The third-order valence-electron chi connectivity index (χ3n) is 5.99. The van der Waals surface area contributed by atoms with Gasteiger partial charge in [0, 0.05) is 30.1 Å². The maximum atomic E-state index is 13.5. The average Bonchev–Trinajstić information content (AvgIpc) is 3.24. The molecular formula is C26H24N4O5. The van der Waals surface area contributed by atoms with Crippen molar-refractivity contribution in [1.82, 2.24) is 19.2 Å². The minimum absolute atomic E-state index is 0.245. The summed E-state index contributed by atoms with van der Waals surface area (Å²) in [5.41, 5.74) is 4.34. The molecule has 5 aromatic rings. The highest BCUT2D eigenvalue weighted by Gasteiger charge is 2.18. The Morgan fingerprint density at radius 1 is 0.857 bits per heavy atom. The summed E-state index contributed by atoms with van der Waals surface area (Å²) >= 11 is 0. The molecule has 0 saturated heterocycles. The molecule has 5 rings (SSSR count). The lowest BCUT2D eigenvalue weighted by molar-refractivity contribution is 0.324. The fourth-order valence-electron chi connectivity index (χ4n) is 4.28. The zero-order valence-electron chi connectivity index (χ0n) is 20.0. The second-order valence-electron chi connectivity index (χ2n) is 7.86. The van der Waals surface area contributed by atoms with Crippen LogP contribution in [0.25, 0.3) is 33.4 Å². The number of benzene rings is 2. The number of aromatic nitrogens is 4. The molecule has 2 aromatic carbocycles. The molecular weight excluding hydrogens is 448 g/mol. The molecule has 3 aromatic heterocycles. The number of pyridine rings is 1. The number of aryl methyl sites for hydroxylation is 1. The number of ether oxygens (including phenoxy) is 4. The van der Waals surface area contributed by atoms with E-state index in [1.54, 1.807) is 36.2 Å². The maximum absolute atomic E-state index is 13.5. The van der Waals surface area contributed by atoms with E-state index in [1.165, 1.54) is 25.9 Å². The third kappa shape index (κ3) is 3.52. The quantitative estimate of drug-likeness (QED) is 0.368. The number of rotatable bonds is 6. The zero-order valence-corrected chi connectivity index (χ0v) is 20.0. The van der Waals surface area contributed by atoms with E-state index in [0.29, 0.717) is 39.5 Å². The lowest BCUT2D eigenvalue weighted by Gasteiger charge is -2.15. The van der Waals surface area contributed by atoms with Gasteiger partial charge in [-0.05, 0) is 30.7 Å². The largest absolute Gasteiger partial charge is 0.497 e. The van der Waals surface area contributed by atoms with Gasteiger partial charge in [-0.15, -0.1) is 0 Å². The Hall–Kier alpha value is -4.53. The molecule has 0 spiro atoms. The van der Waals surface area contributed by atoms with E-state index in [0.717, 1.165) is 22.6 Å². The molecule has 0 atom stereocenters. The van der Waals surface area contributed by atoms with Crippen molar-refractivity contribution in [2.75, 3.05) is 28.4 Å². The lowest BCUT2D eigenvalue weighted by atomic mass is 10.1. The first-order valence-corrected chi connectivity index (χ1v) is 10.8. The van der Waals surface area contributed by atoms with E-state index in [-0.39, 0.29) is 5.56 Å². The van der Waals surface area contributed by atoms with Crippen LogP contribution in [0.2, 0.25) is 0 Å². The third-order valence-corrected chi connectivity index (χ3v) is 5.99. The number of hydrogen-bond acceptors (Lipinski definition) is 7. The molecule has 0 unspecified atom stereocenters. The predicted octanol–water partition coefficient (Wildman–Crippen LogP) is 4.04. The molecule has 0 N–H and O–H groups in total. The van der Waals surface area contributed by atoms with Gasteiger partial charge in [-0.2, -0.15) is 5.10 Å². The molecule has 9 nitrogen and oxygen atoms in total. The van der Waals surface area contributed by atoms with E-state index >= 15 is 0 Å². The van der Waals surface area contributed by atoms with Crippen molar-refractivity contribution in [2.24, 2.45) is 0 Å². The van der Waals surface area contributed by atoms with Gasteiger partial charge in [0.05, 0.1) is 50.7 Å². The Morgan fingerprint density at radius 2 is 1.54 bits per heavy atom. The standard InChI is InChI=1S/C26H24N4O5/c1-15-23(16-6-8-18(32-2)9-7-16)25-27-14-19-20(30(25)28-15)10-11-29(26(19)31)17-12-21(33-3)24(35-5)22(13-17)34-4/h6-14H,1-5H3. The van der Waals surface area contributed by atoms with Crippen molar-refractivity contribution in [2.45, 2.75) is 6.92 Å². The zero-order chi connectivity index (χ0) is 24.7. The summed E-state index contributed by atoms with van der Waals surface area (Å²) in [6, 6.07) is 13.0. The van der Waals surface area contributed by atoms with E-state index in [9.17, 15) is 4.79 Å². The van der Waals surface area contributed by atoms with Gasteiger partial charge in [-0.1, -0.05) is 12.1 Å². The van der Waals surface area contributed by atoms with Crippen LogP contribution in [0.1, 0.15) is 5.69 Å². The second-order valence-corrected chi connectivity index (χ2v) is 7.86. The monoisotopic (exact) mass is 472 g/mol. The number of hydrogen-bond donors (Lipinski definition) is 0. The topological polar surface area (TPSA) is 89.1 Å². The normalized spacial score (nSPS) is 11.1. The van der Waals surface area contributed by atoms with E-state index in [1.807, 2.05) is 37.3 Å². The van der Waals surface area contributed by atoms with Crippen LogP contribution in [0.4, 0.5) is 0 Å². The van der Waals surface area contributed by atoms with Gasteiger partial charge in [0.2, 0.25) is 5.75 Å². The first kappa shape index (κ1) is 22.3. The van der Waals surface area contributed by atoms with Crippen LogP contribution in [0.15, 0.2) is 59.7 Å². The molecule has 0 aliphatic rings. The Labute approximate surface area is 201 Å². The lowest BCUT2D eigenvalue weighted by Crippen LogP contribution is -2.19. The fraction of sp³-hybridized carbons (Fsp3) is 0.192. The van der Waals surface area contributed by atoms with E-state index in [4.69, 9.17) is 24.0 Å². The first-order chi connectivity index (χ1) is 17.0. The minimum Gasteiger partial charge on any atom is -0.497 e. The van der Waals surface area contributed by atoms with Crippen molar-refractivity contribution < 1.29 is 18.9 Å². The van der Waals surface area contributed by atoms with Crippen LogP contribution in [0, 0.1) is 6.92 Å². The summed E-state index contributed by atoms with van der Waals surface area (Å²) < 4.78 is 24.8. The summed E-state index contributed by atoms with van der Waals surface area (Å²) in [6.45, 7) is 1.93. The molecule has 35 heavy (non-hydrogen) atoms. The van der Waals surface area contributed by atoms with Crippen LogP contribution in [-0.4, -0.2) is 47.6 Å². The summed E-state index contributed by atoms with van der Waals surface area (Å²) in [6.07, 6.45) is 3.30. The Bertz CT molecular complexity index is 1590. The molecule has 0 bridgehead atoms. The fourth-order valence-corrected chi connectivity index (χ4v) is 4.28. The maximum Gasteiger partial charge on any atom is 0.266 e. The molecule has 0 radical (unpaired) electrons. The molecule has 178 valence electrons. The highest BCUT2D eigenvalue weighted by atomic mass is 16.5.